The topological polar surface area (TPSA) is 114 Å². The maximum absolute atomic E-state index is 14.2. The number of alkyl carbamates (subject to hydrolysis) is 1. The Hall–Kier alpha value is -2.75. The average Bonchev–Trinajstić information content (AvgIpc) is 2.86. The minimum atomic E-state index is -0.940. The molecule has 9 nitrogen and oxygen atoms in total. The number of aryl methyl sites for hydroxylation is 2. The summed E-state index contributed by atoms with van der Waals surface area (Å²) in [6, 6.07) is 3.94. The molecule has 2 N–H and O–H groups in total. The molecule has 0 saturated heterocycles. The average molecular weight is 580 g/mol. The fraction of sp³-hybridized carbons (Fsp3) is 0.667. The Morgan fingerprint density at radius 3 is 2.25 bits per heavy atom. The number of benzene rings is 1. The molecule has 0 heterocycles. The molecule has 0 spiro atoms. The summed E-state index contributed by atoms with van der Waals surface area (Å²) in [6.45, 7) is 13.6. The monoisotopic (exact) mass is 579 g/mol. The van der Waals surface area contributed by atoms with Crippen LogP contribution in [-0.4, -0.2) is 72.1 Å². The Morgan fingerprint density at radius 1 is 1.05 bits per heavy atom. The summed E-state index contributed by atoms with van der Waals surface area (Å²) in [7, 11) is 0. The number of carbonyl (C=O) groups excluding carboxylic acids is 4. The van der Waals surface area contributed by atoms with Gasteiger partial charge in [0.25, 0.3) is 0 Å². The smallest absolute Gasteiger partial charge is 0.408 e. The summed E-state index contributed by atoms with van der Waals surface area (Å²) in [4.78, 5) is 54.3. The molecule has 0 fully saturated rings. The Balaban J connectivity index is 3.50. The van der Waals surface area contributed by atoms with Crippen molar-refractivity contribution in [3.05, 3.63) is 34.9 Å². The summed E-state index contributed by atoms with van der Waals surface area (Å²) >= 11 is 1.57. The number of rotatable bonds is 16. The molecule has 0 aliphatic carbocycles. The quantitative estimate of drug-likeness (QED) is 0.207. The number of amides is 3. The first-order valence-corrected chi connectivity index (χ1v) is 15.5. The zero-order chi connectivity index (χ0) is 30.3. The van der Waals surface area contributed by atoms with Gasteiger partial charge in [-0.15, -0.1) is 0 Å². The Kier molecular flexibility index (Phi) is 15.7. The molecular formula is C30H49N3O6S. The fourth-order valence-corrected chi connectivity index (χ4v) is 4.82. The molecule has 0 aliphatic heterocycles. The van der Waals surface area contributed by atoms with Gasteiger partial charge in [-0.3, -0.25) is 14.4 Å². The van der Waals surface area contributed by atoms with Crippen molar-refractivity contribution >= 4 is 35.6 Å². The summed E-state index contributed by atoms with van der Waals surface area (Å²) < 4.78 is 10.4. The second kappa shape index (κ2) is 17.8. The van der Waals surface area contributed by atoms with Gasteiger partial charge in [-0.2, -0.15) is 11.8 Å². The van der Waals surface area contributed by atoms with E-state index in [1.807, 2.05) is 38.3 Å². The van der Waals surface area contributed by atoms with Crippen molar-refractivity contribution in [1.29, 1.82) is 0 Å². The van der Waals surface area contributed by atoms with E-state index in [4.69, 9.17) is 9.47 Å². The first-order valence-electron chi connectivity index (χ1n) is 14.1. The van der Waals surface area contributed by atoms with E-state index in [1.165, 1.54) is 0 Å². The highest BCUT2D eigenvalue weighted by molar-refractivity contribution is 7.98. The Bertz CT molecular complexity index is 958. The fourth-order valence-electron chi connectivity index (χ4n) is 4.35. The van der Waals surface area contributed by atoms with Gasteiger partial charge in [-0.05, 0) is 83.1 Å². The third-order valence-corrected chi connectivity index (χ3v) is 6.84. The van der Waals surface area contributed by atoms with E-state index >= 15 is 0 Å². The first kappa shape index (κ1) is 35.3. The maximum atomic E-state index is 14.2. The van der Waals surface area contributed by atoms with Crippen LogP contribution in [0.15, 0.2) is 18.2 Å². The van der Waals surface area contributed by atoms with Gasteiger partial charge in [-0.25, -0.2) is 4.79 Å². The van der Waals surface area contributed by atoms with E-state index in [0.29, 0.717) is 25.1 Å². The molecule has 2 unspecified atom stereocenters. The van der Waals surface area contributed by atoms with Gasteiger partial charge in [0.1, 0.15) is 17.7 Å². The third kappa shape index (κ3) is 12.2. The maximum Gasteiger partial charge on any atom is 0.408 e. The molecule has 1 aromatic rings. The molecule has 1 rings (SSSR count). The first-order chi connectivity index (χ1) is 18.9. The highest BCUT2D eigenvalue weighted by Gasteiger charge is 2.37. The van der Waals surface area contributed by atoms with Crippen molar-refractivity contribution in [2.45, 2.75) is 98.3 Å². The van der Waals surface area contributed by atoms with E-state index in [9.17, 15) is 19.2 Å². The lowest BCUT2D eigenvalue weighted by atomic mass is 9.93. The van der Waals surface area contributed by atoms with Crippen molar-refractivity contribution in [2.75, 3.05) is 31.7 Å². The van der Waals surface area contributed by atoms with Crippen molar-refractivity contribution in [3.8, 4) is 0 Å². The number of carbonyl (C=O) groups is 4. The van der Waals surface area contributed by atoms with Crippen LogP contribution in [0, 0.1) is 13.8 Å². The van der Waals surface area contributed by atoms with Crippen LogP contribution in [-0.2, 0) is 23.9 Å². The summed E-state index contributed by atoms with van der Waals surface area (Å²) in [5.74, 6) is -0.493. The molecule has 40 heavy (non-hydrogen) atoms. The lowest BCUT2D eigenvalue weighted by Crippen LogP contribution is -2.53. The number of esters is 1. The molecule has 0 radical (unpaired) electrons. The molecule has 0 bridgehead atoms. The van der Waals surface area contributed by atoms with E-state index in [0.717, 1.165) is 29.5 Å². The molecule has 0 aliphatic rings. The number of nitrogens with one attached hydrogen (secondary N) is 2. The SMILES string of the molecule is CCCCCN(C(=O)C(CCSC)NC(=O)OC(C)(C)C)C(C(=O)NCCC(=O)OCC)c1c(C)cccc1C. The van der Waals surface area contributed by atoms with E-state index in [2.05, 4.69) is 17.6 Å². The van der Waals surface area contributed by atoms with Gasteiger partial charge in [-0.1, -0.05) is 38.0 Å². The number of ether oxygens (including phenoxy) is 2. The molecular weight excluding hydrogens is 530 g/mol. The van der Waals surface area contributed by atoms with Crippen molar-refractivity contribution in [1.82, 2.24) is 15.5 Å². The molecule has 2 atom stereocenters. The number of hydrogen-bond donors (Lipinski definition) is 2. The summed E-state index contributed by atoms with van der Waals surface area (Å²) in [5, 5.41) is 5.62. The summed E-state index contributed by atoms with van der Waals surface area (Å²) in [5.41, 5.74) is 1.76. The third-order valence-electron chi connectivity index (χ3n) is 6.19. The normalized spacial score (nSPS) is 12.7. The second-order valence-corrected chi connectivity index (χ2v) is 11.8. The zero-order valence-corrected chi connectivity index (χ0v) is 26.4. The van der Waals surface area contributed by atoms with Gasteiger partial charge < -0.3 is 25.0 Å². The predicted molar refractivity (Wildman–Crippen MR) is 160 cm³/mol. The number of unbranched alkanes of at least 4 members (excludes halogenated alkanes) is 2. The van der Waals surface area contributed by atoms with Crippen LogP contribution >= 0.6 is 11.8 Å². The van der Waals surface area contributed by atoms with Gasteiger partial charge >= 0.3 is 12.1 Å². The summed E-state index contributed by atoms with van der Waals surface area (Å²) in [6.07, 6.45) is 4.18. The van der Waals surface area contributed by atoms with Crippen molar-refractivity contribution in [3.63, 3.8) is 0 Å². The van der Waals surface area contributed by atoms with Gasteiger partial charge in [0.15, 0.2) is 0 Å². The lowest BCUT2D eigenvalue weighted by Gasteiger charge is -2.36. The molecule has 0 saturated carbocycles. The minimum absolute atomic E-state index is 0.0272. The lowest BCUT2D eigenvalue weighted by molar-refractivity contribution is -0.144. The van der Waals surface area contributed by atoms with Gasteiger partial charge in [0.2, 0.25) is 11.8 Å². The Morgan fingerprint density at radius 2 is 1.70 bits per heavy atom. The van der Waals surface area contributed by atoms with Gasteiger partial charge in [0, 0.05) is 13.1 Å². The van der Waals surface area contributed by atoms with Crippen LogP contribution < -0.4 is 10.6 Å². The minimum Gasteiger partial charge on any atom is -0.466 e. The largest absolute Gasteiger partial charge is 0.466 e. The second-order valence-electron chi connectivity index (χ2n) is 10.8. The number of hydrogen-bond acceptors (Lipinski definition) is 7. The van der Waals surface area contributed by atoms with Crippen LogP contribution in [0.4, 0.5) is 4.79 Å². The van der Waals surface area contributed by atoms with Crippen molar-refractivity contribution in [2.24, 2.45) is 0 Å². The number of thioether (sulfide) groups is 1. The van der Waals surface area contributed by atoms with E-state index in [-0.39, 0.29) is 31.4 Å². The van der Waals surface area contributed by atoms with Crippen LogP contribution in [0.25, 0.3) is 0 Å². The molecule has 0 aromatic heterocycles. The highest BCUT2D eigenvalue weighted by Crippen LogP contribution is 2.29. The zero-order valence-electron chi connectivity index (χ0n) is 25.6. The standard InChI is InChI=1S/C30H49N3O6S/c1-9-11-12-19-33(28(36)23(17-20-40-8)32-29(37)39-30(5,6)7)26(25-21(3)14-13-15-22(25)4)27(35)31-18-16-24(34)38-10-2/h13-15,23,26H,9-12,16-20H2,1-8H3,(H,31,35)(H,32,37). The van der Waals surface area contributed by atoms with Crippen LogP contribution in [0.3, 0.4) is 0 Å². The van der Waals surface area contributed by atoms with Crippen LogP contribution in [0.1, 0.15) is 89.5 Å². The van der Waals surface area contributed by atoms with Crippen molar-refractivity contribution < 1.29 is 28.7 Å². The molecule has 226 valence electrons. The highest BCUT2D eigenvalue weighted by atomic mass is 32.2. The van der Waals surface area contributed by atoms with E-state index < -0.39 is 29.7 Å². The number of nitrogens with zero attached hydrogens (tertiary/aromatic N) is 1. The molecule has 3 amide bonds. The van der Waals surface area contributed by atoms with Crippen LogP contribution in [0.2, 0.25) is 0 Å². The van der Waals surface area contributed by atoms with Gasteiger partial charge in [0.05, 0.1) is 13.0 Å². The van der Waals surface area contributed by atoms with Crippen LogP contribution in [0.5, 0.6) is 0 Å². The predicted octanol–water partition coefficient (Wildman–Crippen LogP) is 5.08. The Labute approximate surface area is 244 Å². The molecule has 1 aromatic carbocycles. The molecule has 10 heteroatoms. The van der Waals surface area contributed by atoms with E-state index in [1.54, 1.807) is 44.4 Å².